The SMILES string of the molecule is CC(C)(C)[N-]C[N-]C(C)(C)C.COCCC1CCCC1.[CH2-]C.[La+3]. The molecular formula is C19H41LaN2O. The van der Waals surface area contributed by atoms with Crippen molar-refractivity contribution in [3.8, 4) is 0 Å². The van der Waals surface area contributed by atoms with Crippen molar-refractivity contribution in [2.75, 3.05) is 20.4 Å². The van der Waals surface area contributed by atoms with E-state index in [2.05, 4.69) is 59.1 Å². The molecule has 0 aromatic carbocycles. The molecule has 0 atom stereocenters. The predicted molar refractivity (Wildman–Crippen MR) is 101 cm³/mol. The van der Waals surface area contributed by atoms with Gasteiger partial charge in [0.15, 0.2) is 0 Å². The molecular weight excluding hydrogens is 411 g/mol. The number of methoxy groups -OCH3 is 1. The van der Waals surface area contributed by atoms with Crippen LogP contribution in [0.1, 0.15) is 80.6 Å². The zero-order valence-electron chi connectivity index (χ0n) is 17.1. The molecule has 1 fully saturated rings. The van der Waals surface area contributed by atoms with Crippen LogP contribution in [-0.4, -0.2) is 31.5 Å². The van der Waals surface area contributed by atoms with Crippen LogP contribution in [0.5, 0.6) is 0 Å². The van der Waals surface area contributed by atoms with Gasteiger partial charge in [0.25, 0.3) is 0 Å². The molecule has 0 aromatic rings. The Morgan fingerprint density at radius 3 is 1.61 bits per heavy atom. The molecule has 0 bridgehead atoms. The Kier molecular flexibility index (Phi) is 20.8. The van der Waals surface area contributed by atoms with Crippen LogP contribution in [0.3, 0.4) is 0 Å². The first-order valence-electron chi connectivity index (χ1n) is 8.71. The van der Waals surface area contributed by atoms with Crippen molar-refractivity contribution in [3.05, 3.63) is 17.6 Å². The van der Waals surface area contributed by atoms with Crippen molar-refractivity contribution >= 4 is 0 Å². The van der Waals surface area contributed by atoms with Crippen LogP contribution >= 0.6 is 0 Å². The Morgan fingerprint density at radius 2 is 1.30 bits per heavy atom. The molecule has 0 aromatic heterocycles. The molecule has 0 radical (unpaired) electrons. The molecule has 1 aliphatic carbocycles. The van der Waals surface area contributed by atoms with Crippen LogP contribution in [0.4, 0.5) is 0 Å². The van der Waals surface area contributed by atoms with Gasteiger partial charge < -0.3 is 22.3 Å². The van der Waals surface area contributed by atoms with Gasteiger partial charge in [-0.05, 0) is 12.3 Å². The largest absolute Gasteiger partial charge is 3.00 e. The molecule has 3 nitrogen and oxygen atoms in total. The van der Waals surface area contributed by atoms with Crippen LogP contribution in [0, 0.1) is 48.4 Å². The summed E-state index contributed by atoms with van der Waals surface area (Å²) in [5.41, 5.74) is 0.101. The first-order valence-corrected chi connectivity index (χ1v) is 8.71. The van der Waals surface area contributed by atoms with E-state index in [0.29, 0.717) is 6.67 Å². The zero-order valence-corrected chi connectivity index (χ0v) is 20.7. The molecule has 0 spiro atoms. The van der Waals surface area contributed by atoms with E-state index < -0.39 is 0 Å². The molecule has 0 unspecified atom stereocenters. The Hall–Kier alpha value is 1.07. The summed E-state index contributed by atoms with van der Waals surface area (Å²) >= 11 is 0. The summed E-state index contributed by atoms with van der Waals surface area (Å²) in [6.45, 7) is 19.1. The smallest absolute Gasteiger partial charge is 0.676 e. The van der Waals surface area contributed by atoms with Crippen LogP contribution in [-0.2, 0) is 4.74 Å². The molecule has 0 aliphatic heterocycles. The van der Waals surface area contributed by atoms with E-state index in [1.807, 2.05) is 0 Å². The van der Waals surface area contributed by atoms with E-state index in [-0.39, 0.29) is 46.7 Å². The summed E-state index contributed by atoms with van der Waals surface area (Å²) in [7, 11) is 1.79. The van der Waals surface area contributed by atoms with Crippen LogP contribution in [0.15, 0.2) is 0 Å². The fraction of sp³-hybridized carbons (Fsp3) is 0.947. The monoisotopic (exact) mass is 452 g/mol. The number of ether oxygens (including phenoxy) is 1. The van der Waals surface area contributed by atoms with Gasteiger partial charge in [-0.3, -0.25) is 6.67 Å². The summed E-state index contributed by atoms with van der Waals surface area (Å²) in [4.78, 5) is 0. The standard InChI is InChI=1S/C9H20N2.C8H16O.C2H5.La/c1-8(2,3)10-7-11-9(4,5)6;1-9-7-6-8-4-2-3-5-8;1-2;/h7H2,1-6H3;8H,2-7H2,1H3;1H2,2H3;/q-2;;-1;+3. The van der Waals surface area contributed by atoms with E-state index >= 15 is 0 Å². The van der Waals surface area contributed by atoms with Gasteiger partial charge in [-0.1, -0.05) is 67.2 Å². The van der Waals surface area contributed by atoms with E-state index in [1.54, 1.807) is 14.0 Å². The summed E-state index contributed by atoms with van der Waals surface area (Å²) in [5, 5.41) is 8.75. The van der Waals surface area contributed by atoms with E-state index in [9.17, 15) is 0 Å². The third-order valence-corrected chi connectivity index (χ3v) is 3.30. The first kappa shape index (κ1) is 28.9. The maximum atomic E-state index is 5.00. The molecule has 0 amide bonds. The van der Waals surface area contributed by atoms with E-state index in [4.69, 9.17) is 4.74 Å². The number of hydrogen-bond acceptors (Lipinski definition) is 1. The van der Waals surface area contributed by atoms with Crippen molar-refractivity contribution in [2.24, 2.45) is 5.92 Å². The quantitative estimate of drug-likeness (QED) is 0.449. The number of nitrogens with zero attached hydrogens (tertiary/aromatic N) is 2. The second-order valence-electron chi connectivity index (χ2n) is 7.73. The van der Waals surface area contributed by atoms with Gasteiger partial charge in [0.05, 0.1) is 0 Å². The van der Waals surface area contributed by atoms with Gasteiger partial charge in [-0.2, -0.15) is 6.92 Å². The van der Waals surface area contributed by atoms with Gasteiger partial charge in [0.2, 0.25) is 0 Å². The Labute approximate surface area is 175 Å². The molecule has 0 heterocycles. The predicted octanol–water partition coefficient (Wildman–Crippen LogP) is 6.34. The average molecular weight is 452 g/mol. The fourth-order valence-electron chi connectivity index (χ4n) is 2.04. The average Bonchev–Trinajstić information content (AvgIpc) is 2.89. The Bertz CT molecular complexity index is 215. The van der Waals surface area contributed by atoms with Gasteiger partial charge in [-0.15, -0.1) is 11.1 Å². The van der Waals surface area contributed by atoms with Gasteiger partial charge in [-0.25, -0.2) is 0 Å². The van der Waals surface area contributed by atoms with Gasteiger partial charge >= 0.3 is 35.6 Å². The molecule has 1 saturated carbocycles. The minimum Gasteiger partial charge on any atom is -0.676 e. The van der Waals surface area contributed by atoms with Crippen LogP contribution < -0.4 is 0 Å². The molecule has 1 aliphatic rings. The minimum atomic E-state index is 0. The first-order chi connectivity index (χ1) is 10.1. The third-order valence-electron chi connectivity index (χ3n) is 3.30. The summed E-state index contributed by atoms with van der Waals surface area (Å²) < 4.78 is 5.00. The van der Waals surface area contributed by atoms with Crippen LogP contribution in [0.25, 0.3) is 10.6 Å². The zero-order chi connectivity index (χ0) is 17.6. The molecule has 0 N–H and O–H groups in total. The van der Waals surface area contributed by atoms with E-state index in [0.717, 1.165) is 12.5 Å². The maximum Gasteiger partial charge on any atom is 3.00 e. The second kappa shape index (κ2) is 16.5. The van der Waals surface area contributed by atoms with Gasteiger partial charge in [0.1, 0.15) is 0 Å². The van der Waals surface area contributed by atoms with Crippen LogP contribution in [0.2, 0.25) is 0 Å². The maximum absolute atomic E-state index is 5.00. The molecule has 4 heteroatoms. The molecule has 136 valence electrons. The number of rotatable bonds is 5. The summed E-state index contributed by atoms with van der Waals surface area (Å²) in [6.07, 6.45) is 7.09. The second-order valence-corrected chi connectivity index (χ2v) is 7.73. The summed E-state index contributed by atoms with van der Waals surface area (Å²) in [6, 6.07) is 0. The van der Waals surface area contributed by atoms with Crippen molar-refractivity contribution < 1.29 is 40.3 Å². The molecule has 0 saturated heterocycles. The Balaban J connectivity index is -0.000000305. The van der Waals surface area contributed by atoms with Crippen molar-refractivity contribution in [2.45, 2.75) is 91.6 Å². The fourth-order valence-corrected chi connectivity index (χ4v) is 2.04. The summed E-state index contributed by atoms with van der Waals surface area (Å²) in [5.74, 6) is 0.991. The normalized spacial score (nSPS) is 15.0. The van der Waals surface area contributed by atoms with Gasteiger partial charge in [0, 0.05) is 13.7 Å². The van der Waals surface area contributed by atoms with Crippen molar-refractivity contribution in [1.82, 2.24) is 0 Å². The molecule has 1 rings (SSSR count). The Morgan fingerprint density at radius 1 is 0.913 bits per heavy atom. The van der Waals surface area contributed by atoms with Crippen molar-refractivity contribution in [3.63, 3.8) is 0 Å². The van der Waals surface area contributed by atoms with Crippen molar-refractivity contribution in [1.29, 1.82) is 0 Å². The third kappa shape index (κ3) is 25.4. The molecule has 23 heavy (non-hydrogen) atoms. The number of hydrogen-bond donors (Lipinski definition) is 0. The minimum absolute atomic E-state index is 0. The van der Waals surface area contributed by atoms with E-state index in [1.165, 1.54) is 32.1 Å². The topological polar surface area (TPSA) is 37.4 Å².